The topological polar surface area (TPSA) is 187 Å². The van der Waals surface area contributed by atoms with E-state index in [-0.39, 0.29) is 25.3 Å². The SMILES string of the molecule is C=C[C@@H]1C[C@]1(NC(=O)[C@@H]1C[C@@H](Oc2ncc(OC)c3ccc(Cl)cc23)CN1C(=O)[C@@H](Nc1nc(-c2ccc3c(c2)OCCO3)cs1)C(C)(C)C)C(=O)NS(=O)(=O)C1CC1. The van der Waals surface area contributed by atoms with E-state index < -0.39 is 68.1 Å². The first-order valence-electron chi connectivity index (χ1n) is 19.3. The van der Waals surface area contributed by atoms with Gasteiger partial charge in [0.1, 0.15) is 42.7 Å². The zero-order valence-electron chi connectivity index (χ0n) is 33.0. The molecule has 4 heterocycles. The van der Waals surface area contributed by atoms with Crippen LogP contribution in [0.25, 0.3) is 22.0 Å². The average Bonchev–Trinajstić information content (AvgIpc) is 4.10. The van der Waals surface area contributed by atoms with Crippen LogP contribution in [0.1, 0.15) is 46.5 Å². The molecule has 2 aliphatic carbocycles. The predicted octanol–water partition coefficient (Wildman–Crippen LogP) is 5.34. The fourth-order valence-electron chi connectivity index (χ4n) is 7.59. The summed E-state index contributed by atoms with van der Waals surface area (Å²) in [7, 11) is -2.37. The molecule has 3 N–H and O–H groups in total. The van der Waals surface area contributed by atoms with Gasteiger partial charge in [-0.15, -0.1) is 17.9 Å². The van der Waals surface area contributed by atoms with Gasteiger partial charge < -0.3 is 34.5 Å². The van der Waals surface area contributed by atoms with Crippen LogP contribution in [0.5, 0.6) is 23.1 Å². The minimum absolute atomic E-state index is 0.0125. The largest absolute Gasteiger partial charge is 0.494 e. The van der Waals surface area contributed by atoms with Gasteiger partial charge >= 0.3 is 0 Å². The Balaban J connectivity index is 1.08. The molecule has 8 rings (SSSR count). The number of nitrogens with zero attached hydrogens (tertiary/aromatic N) is 3. The Kier molecular flexibility index (Phi) is 10.7. The highest BCUT2D eigenvalue weighted by Gasteiger charge is 2.62. The van der Waals surface area contributed by atoms with Gasteiger partial charge in [0.05, 0.1) is 30.8 Å². The number of pyridine rings is 1. The lowest BCUT2D eigenvalue weighted by molar-refractivity contribution is -0.141. The number of hydrogen-bond acceptors (Lipinski definition) is 13. The molecule has 2 aromatic heterocycles. The molecule has 4 aliphatic rings. The molecule has 5 atom stereocenters. The van der Waals surface area contributed by atoms with E-state index in [0.717, 1.165) is 5.56 Å². The highest BCUT2D eigenvalue weighted by molar-refractivity contribution is 7.91. The number of fused-ring (bicyclic) bond motifs is 2. The summed E-state index contributed by atoms with van der Waals surface area (Å²) in [5.74, 6) is -0.348. The Morgan fingerprint density at radius 3 is 2.56 bits per heavy atom. The van der Waals surface area contributed by atoms with E-state index in [4.69, 9.17) is 35.5 Å². The highest BCUT2D eigenvalue weighted by Crippen LogP contribution is 2.46. The number of thiazole rings is 1. The van der Waals surface area contributed by atoms with Crippen molar-refractivity contribution < 1.29 is 41.7 Å². The Labute approximate surface area is 350 Å². The molecule has 3 fully saturated rings. The maximum absolute atomic E-state index is 14.9. The number of methoxy groups -OCH3 is 1. The molecule has 0 bridgehead atoms. The summed E-state index contributed by atoms with van der Waals surface area (Å²) in [4.78, 5) is 53.8. The number of ether oxygens (including phenoxy) is 4. The number of carbonyl (C=O) groups is 3. The first kappa shape index (κ1) is 40.6. The lowest BCUT2D eigenvalue weighted by Gasteiger charge is -2.35. The first-order valence-corrected chi connectivity index (χ1v) is 22.1. The number of carbonyl (C=O) groups excluding carboxylic acids is 3. The van der Waals surface area contributed by atoms with E-state index in [2.05, 4.69) is 26.9 Å². The normalized spacial score (nSPS) is 22.9. The molecule has 0 spiro atoms. The van der Waals surface area contributed by atoms with Crippen LogP contribution < -0.4 is 34.3 Å². The standard InChI is InChI=1S/C41H45ClN6O9S2/c1-6-23-18-41(23,38(51)47-59(52,53)26-9-10-26)46-35(49)30-17-25(57-36-28-16-24(42)8-11-27(28)33(54-5)19-43-36)20-48(30)37(50)34(40(2,3)4)45-39-44-29(21-58-39)22-7-12-31-32(15-22)56-14-13-55-31/h6-8,11-12,15-16,19,21,23,25-26,30,34H,1,9-10,13-14,17-18,20H2,2-5H3,(H,44,45)(H,46,49)(H,47,51)/t23-,25-,30+,34-,41-/m1/s1. The Morgan fingerprint density at radius 2 is 1.86 bits per heavy atom. The van der Waals surface area contributed by atoms with Crippen LogP contribution in [0, 0.1) is 11.3 Å². The number of aromatic nitrogens is 2. The van der Waals surface area contributed by atoms with Crippen molar-refractivity contribution in [2.75, 3.05) is 32.2 Å². The number of hydrogen-bond donors (Lipinski definition) is 3. The van der Waals surface area contributed by atoms with Gasteiger partial charge in [0.2, 0.25) is 27.7 Å². The van der Waals surface area contributed by atoms with Crippen LogP contribution in [0.2, 0.25) is 5.02 Å². The van der Waals surface area contributed by atoms with Crippen LogP contribution in [0.4, 0.5) is 5.13 Å². The number of halogens is 1. The zero-order chi connectivity index (χ0) is 41.9. The maximum atomic E-state index is 14.9. The number of benzene rings is 2. The van der Waals surface area contributed by atoms with E-state index >= 15 is 0 Å². The molecule has 15 nitrogen and oxygen atoms in total. The number of rotatable bonds is 13. The van der Waals surface area contributed by atoms with E-state index in [9.17, 15) is 22.8 Å². The summed E-state index contributed by atoms with van der Waals surface area (Å²) in [5.41, 5.74) is -0.747. The smallest absolute Gasteiger partial charge is 0.259 e. The van der Waals surface area contributed by atoms with E-state index in [1.54, 1.807) is 18.2 Å². The lowest BCUT2D eigenvalue weighted by Crippen LogP contribution is -2.58. The molecule has 18 heteroatoms. The van der Waals surface area contributed by atoms with Crippen molar-refractivity contribution in [1.29, 1.82) is 0 Å². The van der Waals surface area contributed by atoms with Crippen LogP contribution in [-0.4, -0.2) is 96.9 Å². The number of likely N-dealkylation sites (tertiary alicyclic amines) is 1. The van der Waals surface area contributed by atoms with Crippen molar-refractivity contribution in [1.82, 2.24) is 24.9 Å². The summed E-state index contributed by atoms with van der Waals surface area (Å²) >= 11 is 7.72. The molecule has 3 amide bonds. The van der Waals surface area contributed by atoms with Crippen molar-refractivity contribution in [3.05, 3.63) is 65.7 Å². The van der Waals surface area contributed by atoms with Gasteiger partial charge in [-0.2, -0.15) is 0 Å². The predicted molar refractivity (Wildman–Crippen MR) is 223 cm³/mol. The van der Waals surface area contributed by atoms with Crippen LogP contribution >= 0.6 is 22.9 Å². The van der Waals surface area contributed by atoms with Gasteiger partial charge in [0, 0.05) is 39.1 Å². The molecule has 2 aliphatic heterocycles. The van der Waals surface area contributed by atoms with Crippen molar-refractivity contribution in [2.45, 2.75) is 75.4 Å². The summed E-state index contributed by atoms with van der Waals surface area (Å²) < 4.78 is 51.2. The van der Waals surface area contributed by atoms with Crippen molar-refractivity contribution in [3.8, 4) is 34.4 Å². The van der Waals surface area contributed by atoms with E-state index in [0.29, 0.717) is 69.9 Å². The molecule has 0 radical (unpaired) electrons. The summed E-state index contributed by atoms with van der Waals surface area (Å²) in [6.07, 6.45) is 3.43. The van der Waals surface area contributed by atoms with Gasteiger partial charge in [-0.3, -0.25) is 19.1 Å². The van der Waals surface area contributed by atoms with Crippen molar-refractivity contribution in [3.63, 3.8) is 0 Å². The second kappa shape index (κ2) is 15.5. The van der Waals surface area contributed by atoms with Crippen LogP contribution in [0.3, 0.4) is 0 Å². The average molecular weight is 865 g/mol. The van der Waals surface area contributed by atoms with E-state index in [1.807, 2.05) is 44.4 Å². The molecule has 2 saturated carbocycles. The molecule has 0 unspecified atom stereocenters. The quantitative estimate of drug-likeness (QED) is 0.147. The minimum atomic E-state index is -3.91. The van der Waals surface area contributed by atoms with Crippen LogP contribution in [-0.2, 0) is 24.4 Å². The fraction of sp³-hybridized carbons (Fsp3) is 0.439. The summed E-state index contributed by atoms with van der Waals surface area (Å²) in [5, 5.41) is 9.66. The van der Waals surface area contributed by atoms with Gasteiger partial charge in [0.25, 0.3) is 5.91 Å². The van der Waals surface area contributed by atoms with Gasteiger partial charge in [-0.25, -0.2) is 18.4 Å². The molecule has 1 saturated heterocycles. The zero-order valence-corrected chi connectivity index (χ0v) is 35.3. The summed E-state index contributed by atoms with van der Waals surface area (Å²) in [6.45, 7) is 10.5. The number of sulfonamides is 1. The Morgan fingerprint density at radius 1 is 1.10 bits per heavy atom. The highest BCUT2D eigenvalue weighted by atomic mass is 35.5. The Hall–Kier alpha value is -5.13. The third kappa shape index (κ3) is 8.11. The second-order valence-electron chi connectivity index (χ2n) is 16.3. The lowest BCUT2D eigenvalue weighted by atomic mass is 9.85. The summed E-state index contributed by atoms with van der Waals surface area (Å²) in [6, 6.07) is 8.83. The number of nitrogens with one attached hydrogen (secondary N) is 3. The number of anilines is 1. The van der Waals surface area contributed by atoms with Gasteiger partial charge in [-0.1, -0.05) is 38.4 Å². The molecule has 312 valence electrons. The molecule has 4 aromatic rings. The third-order valence-corrected chi connectivity index (χ3v) is 13.9. The second-order valence-corrected chi connectivity index (χ2v) is 19.6. The van der Waals surface area contributed by atoms with Gasteiger partial charge in [-0.05, 0) is 61.1 Å². The molecule has 2 aromatic carbocycles. The first-order chi connectivity index (χ1) is 28.1. The monoisotopic (exact) mass is 864 g/mol. The van der Waals surface area contributed by atoms with Crippen molar-refractivity contribution in [2.24, 2.45) is 11.3 Å². The molecular weight excluding hydrogens is 820 g/mol. The van der Waals surface area contributed by atoms with Crippen LogP contribution in [0.15, 0.2) is 60.6 Å². The fourth-order valence-corrected chi connectivity index (χ4v) is 9.87. The molecular formula is C41H45ClN6O9S2. The number of amides is 3. The van der Waals surface area contributed by atoms with Gasteiger partial charge in [0.15, 0.2) is 16.6 Å². The van der Waals surface area contributed by atoms with Crippen molar-refractivity contribution >= 4 is 66.6 Å². The maximum Gasteiger partial charge on any atom is 0.259 e. The minimum Gasteiger partial charge on any atom is -0.494 e. The third-order valence-electron chi connectivity index (χ3n) is 11.1. The Bertz CT molecular complexity index is 2450. The molecule has 59 heavy (non-hydrogen) atoms. The van der Waals surface area contributed by atoms with E-state index in [1.165, 1.54) is 35.6 Å².